The number of thiophene rings is 1. The quantitative estimate of drug-likeness (QED) is 0.479. The van der Waals surface area contributed by atoms with Gasteiger partial charge in [0.05, 0.1) is 9.80 Å². The van der Waals surface area contributed by atoms with Gasteiger partial charge in [-0.15, -0.1) is 11.3 Å². The minimum atomic E-state index is -0.386. The Morgan fingerprint density at radius 2 is 1.94 bits per heavy atom. The fourth-order valence-electron chi connectivity index (χ4n) is 2.18. The van der Waals surface area contributed by atoms with Crippen LogP contribution < -0.4 is 4.90 Å². The number of anilines is 1. The molecule has 0 saturated carbocycles. The Morgan fingerprint density at radius 3 is 2.44 bits per heavy atom. The van der Waals surface area contributed by atoms with Crippen LogP contribution in [0.25, 0.3) is 0 Å². The molecule has 2 heterocycles. The highest BCUT2D eigenvalue weighted by molar-refractivity contribution is 7.18. The van der Waals surface area contributed by atoms with E-state index in [0.717, 1.165) is 25.9 Å². The summed E-state index contributed by atoms with van der Waals surface area (Å²) in [6.45, 7) is 3.14. The Hall–Kier alpha value is -1.43. The number of rotatable bonds is 3. The van der Waals surface area contributed by atoms with Crippen molar-refractivity contribution in [3.63, 3.8) is 0 Å². The third kappa shape index (κ3) is 2.69. The molecular weight excluding hydrogens is 252 g/mol. The molecule has 0 aliphatic carbocycles. The minimum Gasteiger partial charge on any atom is -0.358 e. The van der Waals surface area contributed by atoms with Gasteiger partial charge in [0.1, 0.15) is 0 Å². The van der Waals surface area contributed by atoms with Gasteiger partial charge in [-0.05, 0) is 19.8 Å². The number of carbonyl (C=O) groups is 1. The lowest BCUT2D eigenvalue weighted by molar-refractivity contribution is -0.383. The monoisotopic (exact) mass is 268 g/mol. The minimum absolute atomic E-state index is 0.0760. The summed E-state index contributed by atoms with van der Waals surface area (Å²) < 4.78 is 0. The lowest BCUT2D eigenvalue weighted by Gasteiger charge is -2.19. The number of Topliss-reactive ketones (excluding diaryl/α,β-unsaturated/α-hetero) is 1. The van der Waals surface area contributed by atoms with E-state index < -0.39 is 0 Å². The van der Waals surface area contributed by atoms with Crippen LogP contribution in [0.1, 0.15) is 42.3 Å². The molecule has 1 aliphatic rings. The van der Waals surface area contributed by atoms with Crippen molar-refractivity contribution < 1.29 is 9.72 Å². The summed E-state index contributed by atoms with van der Waals surface area (Å²) >= 11 is 1.25. The molecule has 1 saturated heterocycles. The van der Waals surface area contributed by atoms with E-state index in [-0.39, 0.29) is 16.4 Å². The first-order chi connectivity index (χ1) is 8.59. The lowest BCUT2D eigenvalue weighted by Crippen LogP contribution is -2.23. The molecule has 1 fully saturated rings. The van der Waals surface area contributed by atoms with Gasteiger partial charge >= 0.3 is 5.69 Å². The first-order valence-electron chi connectivity index (χ1n) is 6.13. The third-order valence-corrected chi connectivity index (χ3v) is 4.42. The van der Waals surface area contributed by atoms with Crippen LogP contribution in [0.4, 0.5) is 10.7 Å². The van der Waals surface area contributed by atoms with Crippen LogP contribution in [0.2, 0.25) is 0 Å². The van der Waals surface area contributed by atoms with Crippen molar-refractivity contribution >= 4 is 27.8 Å². The van der Waals surface area contributed by atoms with Crippen molar-refractivity contribution in [1.29, 1.82) is 0 Å². The topological polar surface area (TPSA) is 63.4 Å². The Kier molecular flexibility index (Phi) is 3.96. The van der Waals surface area contributed by atoms with Gasteiger partial charge in [-0.25, -0.2) is 0 Å². The van der Waals surface area contributed by atoms with Crippen LogP contribution in [0, 0.1) is 10.1 Å². The zero-order chi connectivity index (χ0) is 13.1. The molecule has 6 heteroatoms. The van der Waals surface area contributed by atoms with Crippen LogP contribution >= 0.6 is 11.3 Å². The van der Waals surface area contributed by atoms with E-state index in [2.05, 4.69) is 4.90 Å². The zero-order valence-corrected chi connectivity index (χ0v) is 11.2. The average molecular weight is 268 g/mol. The number of ketones is 1. The van der Waals surface area contributed by atoms with Crippen molar-refractivity contribution in [2.75, 3.05) is 18.0 Å². The number of hydrogen-bond acceptors (Lipinski definition) is 5. The average Bonchev–Trinajstić information content (AvgIpc) is 2.59. The molecule has 0 atom stereocenters. The molecule has 0 aromatic carbocycles. The smallest absolute Gasteiger partial charge is 0.304 e. The second-order valence-corrected chi connectivity index (χ2v) is 5.55. The Bertz CT molecular complexity index is 462. The third-order valence-electron chi connectivity index (χ3n) is 3.13. The maximum absolute atomic E-state index is 11.4. The van der Waals surface area contributed by atoms with Gasteiger partial charge in [-0.3, -0.25) is 14.9 Å². The highest BCUT2D eigenvalue weighted by Crippen LogP contribution is 2.38. The van der Waals surface area contributed by atoms with E-state index in [1.807, 2.05) is 0 Å². The first-order valence-corrected chi connectivity index (χ1v) is 6.95. The largest absolute Gasteiger partial charge is 0.358 e. The molecule has 2 rings (SSSR count). The second-order valence-electron chi connectivity index (χ2n) is 4.52. The standard InChI is InChI=1S/C12H16N2O3S/c1-9(15)11-8-10(14(16)17)12(18-11)13-6-4-2-3-5-7-13/h8H,2-7H2,1H3. The molecule has 0 radical (unpaired) electrons. The van der Waals surface area contributed by atoms with Gasteiger partial charge in [0, 0.05) is 19.2 Å². The Morgan fingerprint density at radius 1 is 1.33 bits per heavy atom. The van der Waals surface area contributed by atoms with Crippen molar-refractivity contribution in [1.82, 2.24) is 0 Å². The number of nitrogens with zero attached hydrogens (tertiary/aromatic N) is 2. The van der Waals surface area contributed by atoms with Gasteiger partial charge in [-0.1, -0.05) is 12.8 Å². The normalized spacial score (nSPS) is 16.4. The summed E-state index contributed by atoms with van der Waals surface area (Å²) in [6, 6.07) is 1.41. The van der Waals surface area contributed by atoms with E-state index in [0.29, 0.717) is 9.88 Å². The lowest BCUT2D eigenvalue weighted by atomic mass is 10.2. The molecule has 98 valence electrons. The summed E-state index contributed by atoms with van der Waals surface area (Å²) in [5.74, 6) is -0.107. The molecule has 0 bridgehead atoms. The zero-order valence-electron chi connectivity index (χ0n) is 10.3. The van der Waals surface area contributed by atoms with Crippen molar-refractivity contribution in [2.45, 2.75) is 32.6 Å². The molecule has 5 nitrogen and oxygen atoms in total. The van der Waals surface area contributed by atoms with E-state index in [1.165, 1.54) is 37.2 Å². The van der Waals surface area contributed by atoms with Crippen LogP contribution in [0.5, 0.6) is 0 Å². The summed E-state index contributed by atoms with van der Waals surface area (Å²) in [5.41, 5.74) is 0.0760. The molecule has 0 N–H and O–H groups in total. The second kappa shape index (κ2) is 5.48. The summed E-state index contributed by atoms with van der Waals surface area (Å²) in [4.78, 5) is 24.6. The Labute approximate surface area is 110 Å². The maximum atomic E-state index is 11.4. The van der Waals surface area contributed by atoms with Crippen LogP contribution in [-0.2, 0) is 0 Å². The van der Waals surface area contributed by atoms with Crippen LogP contribution in [0.3, 0.4) is 0 Å². The molecule has 0 unspecified atom stereocenters. The van der Waals surface area contributed by atoms with Crippen molar-refractivity contribution in [3.8, 4) is 0 Å². The SMILES string of the molecule is CC(=O)c1cc([N+](=O)[O-])c(N2CCCCCC2)s1. The molecule has 0 spiro atoms. The van der Waals surface area contributed by atoms with E-state index in [1.54, 1.807) is 0 Å². The first kappa shape index (κ1) is 13.0. The van der Waals surface area contributed by atoms with Crippen LogP contribution in [0.15, 0.2) is 6.07 Å². The summed E-state index contributed by atoms with van der Waals surface area (Å²) in [7, 11) is 0. The molecule has 18 heavy (non-hydrogen) atoms. The highest BCUT2D eigenvalue weighted by atomic mass is 32.1. The fourth-order valence-corrected chi connectivity index (χ4v) is 3.25. The molecule has 0 amide bonds. The van der Waals surface area contributed by atoms with Gasteiger partial charge in [0.15, 0.2) is 10.8 Å². The highest BCUT2D eigenvalue weighted by Gasteiger charge is 2.25. The molecule has 1 aromatic rings. The van der Waals surface area contributed by atoms with Crippen LogP contribution in [-0.4, -0.2) is 23.8 Å². The number of carbonyl (C=O) groups excluding carboxylic acids is 1. The predicted molar refractivity (Wildman–Crippen MR) is 71.7 cm³/mol. The van der Waals surface area contributed by atoms with E-state index >= 15 is 0 Å². The number of hydrogen-bond donors (Lipinski definition) is 0. The Balaban J connectivity index is 2.34. The van der Waals surface area contributed by atoms with E-state index in [4.69, 9.17) is 0 Å². The van der Waals surface area contributed by atoms with E-state index in [9.17, 15) is 14.9 Å². The maximum Gasteiger partial charge on any atom is 0.304 e. The van der Waals surface area contributed by atoms with Gasteiger partial charge in [0.2, 0.25) is 0 Å². The van der Waals surface area contributed by atoms with Gasteiger partial charge in [0.25, 0.3) is 0 Å². The fraction of sp³-hybridized carbons (Fsp3) is 0.583. The van der Waals surface area contributed by atoms with Gasteiger partial charge in [-0.2, -0.15) is 0 Å². The molecule has 1 aromatic heterocycles. The van der Waals surface area contributed by atoms with Crippen molar-refractivity contribution in [2.24, 2.45) is 0 Å². The molecular formula is C12H16N2O3S. The summed E-state index contributed by atoms with van der Waals surface area (Å²) in [5, 5.41) is 11.7. The predicted octanol–water partition coefficient (Wildman–Crippen LogP) is 3.24. The van der Waals surface area contributed by atoms with Gasteiger partial charge < -0.3 is 4.90 Å². The van der Waals surface area contributed by atoms with Crippen molar-refractivity contribution in [3.05, 3.63) is 21.1 Å². The summed E-state index contributed by atoms with van der Waals surface area (Å²) in [6.07, 6.45) is 4.47. The number of nitro groups is 1. The molecule has 1 aliphatic heterocycles.